The summed E-state index contributed by atoms with van der Waals surface area (Å²) in [6, 6.07) is 2.71. The van der Waals surface area contributed by atoms with Crippen LogP contribution in [0.5, 0.6) is 11.5 Å². The monoisotopic (exact) mass is 544 g/mol. The molecule has 1 aromatic rings. The van der Waals surface area contributed by atoms with Crippen molar-refractivity contribution < 1.29 is 34.4 Å². The molecule has 1 aromatic carbocycles. The van der Waals surface area contributed by atoms with Crippen LogP contribution >= 0.6 is 0 Å². The summed E-state index contributed by atoms with van der Waals surface area (Å²) in [5.74, 6) is 0.729. The average molecular weight is 545 g/mol. The number of rotatable bonds is 12. The van der Waals surface area contributed by atoms with Crippen molar-refractivity contribution in [3.63, 3.8) is 0 Å². The molecular formula is C30H44N2O7. The van der Waals surface area contributed by atoms with Gasteiger partial charge in [0.15, 0.2) is 11.5 Å². The fourth-order valence-electron chi connectivity index (χ4n) is 6.23. The van der Waals surface area contributed by atoms with Crippen molar-refractivity contribution in [3.05, 3.63) is 34.9 Å². The minimum atomic E-state index is -1.08. The summed E-state index contributed by atoms with van der Waals surface area (Å²) in [5.41, 5.74) is 1.62. The molecule has 39 heavy (non-hydrogen) atoms. The van der Waals surface area contributed by atoms with Gasteiger partial charge in [0.25, 0.3) is 0 Å². The van der Waals surface area contributed by atoms with Gasteiger partial charge in [0, 0.05) is 30.6 Å². The summed E-state index contributed by atoms with van der Waals surface area (Å²) in [6.45, 7) is 4.30. The molecule has 3 aliphatic rings. The van der Waals surface area contributed by atoms with Gasteiger partial charge in [-0.05, 0) is 48.4 Å². The van der Waals surface area contributed by atoms with E-state index in [1.165, 1.54) is 20.0 Å². The van der Waals surface area contributed by atoms with Crippen LogP contribution in [0.25, 0.3) is 0 Å². The number of hydrogen-bond donors (Lipinski definition) is 4. The first-order valence-corrected chi connectivity index (χ1v) is 14.4. The van der Waals surface area contributed by atoms with Crippen LogP contribution in [-0.4, -0.2) is 77.1 Å². The molecule has 216 valence electrons. The van der Waals surface area contributed by atoms with Crippen LogP contribution < -0.4 is 14.8 Å². The van der Waals surface area contributed by atoms with Crippen LogP contribution in [0.2, 0.25) is 0 Å². The standard InChI is InChI=1S/C30H44N2O7/c1-18(2)10-12-32(25(35)9-8-19-6-4-5-7-19)23-16-22(30(37)31-11-13-33)26-21-14-20(17-34)15-24(38-3)28(21)39-29(26)27(23)36/h14-16,18-19,23,26-27,29,33-34,36H,4-13,17H2,1-3H3,(H,31,37). The van der Waals surface area contributed by atoms with Crippen LogP contribution in [0.3, 0.4) is 0 Å². The van der Waals surface area contributed by atoms with Crippen molar-refractivity contribution in [1.29, 1.82) is 0 Å². The third kappa shape index (κ3) is 6.42. The maximum absolute atomic E-state index is 13.7. The molecule has 0 spiro atoms. The predicted octanol–water partition coefficient (Wildman–Crippen LogP) is 2.66. The number of nitrogens with one attached hydrogen (secondary N) is 1. The third-order valence-corrected chi connectivity index (χ3v) is 8.36. The molecule has 0 bridgehead atoms. The van der Waals surface area contributed by atoms with E-state index in [4.69, 9.17) is 9.47 Å². The molecule has 4 unspecified atom stereocenters. The highest BCUT2D eigenvalue weighted by molar-refractivity contribution is 5.96. The lowest BCUT2D eigenvalue weighted by molar-refractivity contribution is -0.137. The van der Waals surface area contributed by atoms with Gasteiger partial charge >= 0.3 is 0 Å². The third-order valence-electron chi connectivity index (χ3n) is 8.36. The zero-order chi connectivity index (χ0) is 28.1. The Labute approximate surface area is 231 Å². The summed E-state index contributed by atoms with van der Waals surface area (Å²) in [7, 11) is 1.50. The fourth-order valence-corrected chi connectivity index (χ4v) is 6.23. The Bertz CT molecular complexity index is 1050. The van der Waals surface area contributed by atoms with E-state index in [0.29, 0.717) is 53.0 Å². The van der Waals surface area contributed by atoms with Crippen LogP contribution in [0.1, 0.15) is 75.8 Å². The van der Waals surface area contributed by atoms with Crippen molar-refractivity contribution in [1.82, 2.24) is 10.2 Å². The van der Waals surface area contributed by atoms with Gasteiger partial charge in [0.2, 0.25) is 11.8 Å². The molecule has 4 atom stereocenters. The largest absolute Gasteiger partial charge is 0.493 e. The Kier molecular flexibility index (Phi) is 9.91. The number of amides is 2. The number of ether oxygens (including phenoxy) is 2. The lowest BCUT2D eigenvalue weighted by Crippen LogP contribution is -2.56. The highest BCUT2D eigenvalue weighted by atomic mass is 16.5. The molecule has 4 N–H and O–H groups in total. The van der Waals surface area contributed by atoms with Gasteiger partial charge < -0.3 is 35.0 Å². The Balaban J connectivity index is 1.71. The average Bonchev–Trinajstić information content (AvgIpc) is 3.59. The number of hydrogen-bond acceptors (Lipinski definition) is 7. The molecule has 0 saturated heterocycles. The number of aliphatic hydroxyl groups is 3. The molecule has 0 aromatic heterocycles. The lowest BCUT2D eigenvalue weighted by Gasteiger charge is -2.41. The zero-order valence-electron chi connectivity index (χ0n) is 23.4. The summed E-state index contributed by atoms with van der Waals surface area (Å²) >= 11 is 0. The second kappa shape index (κ2) is 13.2. The second-order valence-electron chi connectivity index (χ2n) is 11.5. The van der Waals surface area contributed by atoms with E-state index in [2.05, 4.69) is 19.2 Å². The predicted molar refractivity (Wildman–Crippen MR) is 146 cm³/mol. The van der Waals surface area contributed by atoms with E-state index in [0.717, 1.165) is 25.7 Å². The topological polar surface area (TPSA) is 129 Å². The van der Waals surface area contributed by atoms with Gasteiger partial charge in [-0.15, -0.1) is 0 Å². The fraction of sp³-hybridized carbons (Fsp3) is 0.667. The molecule has 0 radical (unpaired) electrons. The maximum Gasteiger partial charge on any atom is 0.247 e. The molecular weight excluding hydrogens is 500 g/mol. The second-order valence-corrected chi connectivity index (χ2v) is 11.5. The summed E-state index contributed by atoms with van der Waals surface area (Å²) in [4.78, 5) is 28.8. The van der Waals surface area contributed by atoms with Crippen molar-refractivity contribution in [2.45, 2.75) is 89.6 Å². The van der Waals surface area contributed by atoms with Crippen molar-refractivity contribution in [3.8, 4) is 11.5 Å². The SMILES string of the molecule is COc1cc(CO)cc2c1OC1C2C(C(=O)NCCO)=CC(N(CCC(C)C)C(=O)CCC2CCCC2)C1O. The number of fused-ring (bicyclic) bond motifs is 3. The van der Waals surface area contributed by atoms with Crippen molar-refractivity contribution >= 4 is 11.8 Å². The molecule has 1 aliphatic heterocycles. The van der Waals surface area contributed by atoms with Gasteiger partial charge in [-0.1, -0.05) is 39.5 Å². The summed E-state index contributed by atoms with van der Waals surface area (Å²) < 4.78 is 11.8. The molecule has 9 heteroatoms. The first kappa shape index (κ1) is 29.4. The van der Waals surface area contributed by atoms with Crippen LogP contribution in [0, 0.1) is 11.8 Å². The number of carbonyl (C=O) groups is 2. The normalized spacial score (nSPS) is 24.1. The van der Waals surface area contributed by atoms with Gasteiger partial charge in [-0.3, -0.25) is 9.59 Å². The van der Waals surface area contributed by atoms with Crippen molar-refractivity contribution in [2.75, 3.05) is 26.8 Å². The van der Waals surface area contributed by atoms with Gasteiger partial charge in [0.05, 0.1) is 32.3 Å². The first-order valence-electron chi connectivity index (χ1n) is 14.4. The number of carbonyl (C=O) groups excluding carboxylic acids is 2. The smallest absolute Gasteiger partial charge is 0.247 e. The zero-order valence-corrected chi connectivity index (χ0v) is 23.4. The Hall–Kier alpha value is -2.62. The van der Waals surface area contributed by atoms with E-state index >= 15 is 0 Å². The number of methoxy groups -OCH3 is 1. The van der Waals surface area contributed by atoms with Crippen LogP contribution in [0.15, 0.2) is 23.8 Å². The van der Waals surface area contributed by atoms with E-state index in [9.17, 15) is 24.9 Å². The van der Waals surface area contributed by atoms with E-state index in [1.54, 1.807) is 23.1 Å². The highest BCUT2D eigenvalue weighted by Crippen LogP contribution is 2.51. The Morgan fingerprint density at radius 2 is 1.95 bits per heavy atom. The molecule has 1 saturated carbocycles. The van der Waals surface area contributed by atoms with E-state index in [1.807, 2.05) is 0 Å². The molecule has 1 fully saturated rings. The van der Waals surface area contributed by atoms with E-state index < -0.39 is 24.2 Å². The molecule has 2 amide bonds. The quantitative estimate of drug-likeness (QED) is 0.318. The summed E-state index contributed by atoms with van der Waals surface area (Å²) in [6.07, 6.45) is 6.57. The van der Waals surface area contributed by atoms with Gasteiger partial charge in [0.1, 0.15) is 12.2 Å². The minimum absolute atomic E-state index is 0.0212. The molecule has 9 nitrogen and oxygen atoms in total. The minimum Gasteiger partial charge on any atom is -0.493 e. The van der Waals surface area contributed by atoms with Gasteiger partial charge in [-0.25, -0.2) is 0 Å². The summed E-state index contributed by atoms with van der Waals surface area (Å²) in [5, 5.41) is 33.6. The van der Waals surface area contributed by atoms with Gasteiger partial charge in [-0.2, -0.15) is 0 Å². The molecule has 1 heterocycles. The number of benzene rings is 1. The van der Waals surface area contributed by atoms with Crippen molar-refractivity contribution in [2.24, 2.45) is 11.8 Å². The first-order chi connectivity index (χ1) is 18.8. The Morgan fingerprint density at radius 1 is 1.21 bits per heavy atom. The molecule has 4 rings (SSSR count). The van der Waals surface area contributed by atoms with Crippen LogP contribution in [0.4, 0.5) is 0 Å². The maximum atomic E-state index is 13.7. The lowest BCUT2D eigenvalue weighted by atomic mass is 9.77. The number of aliphatic hydroxyl groups excluding tert-OH is 3. The van der Waals surface area contributed by atoms with E-state index in [-0.39, 0.29) is 31.6 Å². The van der Waals surface area contributed by atoms with Crippen LogP contribution in [-0.2, 0) is 16.2 Å². The molecule has 2 aliphatic carbocycles. The number of nitrogens with zero attached hydrogens (tertiary/aromatic N) is 1. The Morgan fingerprint density at radius 3 is 2.59 bits per heavy atom. The highest BCUT2D eigenvalue weighted by Gasteiger charge is 2.51.